The minimum Gasteiger partial charge on any atom is -0.496 e. The number of carbonyl (C=O) groups is 2. The molecule has 0 saturated heterocycles. The van der Waals surface area contributed by atoms with Crippen molar-refractivity contribution in [2.24, 2.45) is 5.41 Å². The van der Waals surface area contributed by atoms with E-state index >= 15 is 0 Å². The first-order valence-corrected chi connectivity index (χ1v) is 7.10. The number of carbonyl (C=O) groups excluding carboxylic acids is 1. The molecule has 5 heteroatoms. The van der Waals surface area contributed by atoms with E-state index in [4.69, 9.17) is 4.74 Å². The van der Waals surface area contributed by atoms with Gasteiger partial charge in [-0.25, -0.2) is 0 Å². The second-order valence-corrected chi connectivity index (χ2v) is 5.71. The van der Waals surface area contributed by atoms with Gasteiger partial charge in [0.25, 0.3) is 0 Å². The Kier molecular flexibility index (Phi) is 4.50. The Balaban J connectivity index is 1.94. The molecule has 0 bridgehead atoms. The predicted molar refractivity (Wildman–Crippen MR) is 78.1 cm³/mol. The standard InChI is InChI=1S/C16H21NO4/c1-11-4-5-12(13(8-11)21-2)10-17-14(18)9-16(15(19)20)6-3-7-16/h4-5,8H,3,6-7,9-10H2,1-2H3,(H,17,18)(H,19,20). The van der Waals surface area contributed by atoms with E-state index in [0.717, 1.165) is 23.3 Å². The molecule has 5 nitrogen and oxygen atoms in total. The van der Waals surface area contributed by atoms with Crippen molar-refractivity contribution in [3.63, 3.8) is 0 Å². The van der Waals surface area contributed by atoms with Gasteiger partial charge in [0.1, 0.15) is 5.75 Å². The third-order valence-electron chi connectivity index (χ3n) is 4.18. The van der Waals surface area contributed by atoms with Crippen molar-refractivity contribution < 1.29 is 19.4 Å². The third kappa shape index (κ3) is 3.35. The molecule has 0 aromatic heterocycles. The van der Waals surface area contributed by atoms with Crippen LogP contribution in [0.25, 0.3) is 0 Å². The number of aryl methyl sites for hydroxylation is 1. The maximum atomic E-state index is 12.0. The highest BCUT2D eigenvalue weighted by Crippen LogP contribution is 2.44. The largest absolute Gasteiger partial charge is 0.496 e. The van der Waals surface area contributed by atoms with E-state index in [0.29, 0.717) is 19.4 Å². The highest BCUT2D eigenvalue weighted by Gasteiger charge is 2.45. The molecule has 0 radical (unpaired) electrons. The van der Waals surface area contributed by atoms with Crippen LogP contribution in [0.3, 0.4) is 0 Å². The number of ether oxygens (including phenoxy) is 1. The van der Waals surface area contributed by atoms with Crippen LogP contribution in [-0.4, -0.2) is 24.1 Å². The summed E-state index contributed by atoms with van der Waals surface area (Å²) in [4.78, 5) is 23.2. The fraction of sp³-hybridized carbons (Fsp3) is 0.500. The lowest BCUT2D eigenvalue weighted by Gasteiger charge is -2.36. The molecular formula is C16H21NO4. The van der Waals surface area contributed by atoms with E-state index in [1.165, 1.54) is 0 Å². The van der Waals surface area contributed by atoms with Crippen molar-refractivity contribution in [1.82, 2.24) is 5.32 Å². The summed E-state index contributed by atoms with van der Waals surface area (Å²) in [6, 6.07) is 5.77. The van der Waals surface area contributed by atoms with Crippen molar-refractivity contribution in [3.8, 4) is 5.75 Å². The van der Waals surface area contributed by atoms with Gasteiger partial charge < -0.3 is 15.2 Å². The molecule has 1 aliphatic rings. The Hall–Kier alpha value is -2.04. The maximum Gasteiger partial charge on any atom is 0.310 e. The zero-order valence-electron chi connectivity index (χ0n) is 12.4. The Morgan fingerprint density at radius 3 is 2.62 bits per heavy atom. The Morgan fingerprint density at radius 2 is 2.10 bits per heavy atom. The molecule has 0 spiro atoms. The molecule has 0 aliphatic heterocycles. The molecule has 21 heavy (non-hydrogen) atoms. The number of aliphatic carboxylic acids is 1. The van der Waals surface area contributed by atoms with Gasteiger partial charge in [0.05, 0.1) is 12.5 Å². The molecule has 1 saturated carbocycles. The molecule has 2 N–H and O–H groups in total. The smallest absolute Gasteiger partial charge is 0.310 e. The molecule has 1 amide bonds. The SMILES string of the molecule is COc1cc(C)ccc1CNC(=O)CC1(C(=O)O)CCC1. The first kappa shape index (κ1) is 15.4. The summed E-state index contributed by atoms with van der Waals surface area (Å²) in [7, 11) is 1.59. The number of nitrogens with one attached hydrogen (secondary N) is 1. The summed E-state index contributed by atoms with van der Waals surface area (Å²) in [5.74, 6) is -0.358. The molecule has 1 aromatic carbocycles. The predicted octanol–water partition coefficient (Wildman–Crippen LogP) is 2.26. The average molecular weight is 291 g/mol. The van der Waals surface area contributed by atoms with Crippen LogP contribution in [0.4, 0.5) is 0 Å². The van der Waals surface area contributed by atoms with E-state index in [9.17, 15) is 14.7 Å². The molecule has 0 heterocycles. The average Bonchev–Trinajstić information content (AvgIpc) is 2.40. The highest BCUT2D eigenvalue weighted by molar-refractivity contribution is 5.85. The van der Waals surface area contributed by atoms with Crippen molar-refractivity contribution in [2.45, 2.75) is 39.2 Å². The molecule has 1 aliphatic carbocycles. The summed E-state index contributed by atoms with van der Waals surface area (Å²) in [5, 5.41) is 12.0. The lowest BCUT2D eigenvalue weighted by Crippen LogP contribution is -2.42. The van der Waals surface area contributed by atoms with Gasteiger partial charge in [-0.05, 0) is 31.4 Å². The van der Waals surface area contributed by atoms with Gasteiger partial charge in [-0.1, -0.05) is 18.6 Å². The molecule has 1 aromatic rings. The summed E-state index contributed by atoms with van der Waals surface area (Å²) >= 11 is 0. The zero-order valence-corrected chi connectivity index (χ0v) is 12.4. The van der Waals surface area contributed by atoms with Crippen LogP contribution in [0.15, 0.2) is 18.2 Å². The summed E-state index contributed by atoms with van der Waals surface area (Å²) in [5.41, 5.74) is 1.12. The minimum atomic E-state index is -0.864. The fourth-order valence-electron chi connectivity index (χ4n) is 2.63. The van der Waals surface area contributed by atoms with E-state index < -0.39 is 11.4 Å². The fourth-order valence-corrected chi connectivity index (χ4v) is 2.63. The lowest BCUT2D eigenvalue weighted by molar-refractivity contribution is -0.157. The van der Waals surface area contributed by atoms with Gasteiger partial charge in [-0.3, -0.25) is 9.59 Å². The molecule has 1 fully saturated rings. The number of hydrogen-bond donors (Lipinski definition) is 2. The Bertz CT molecular complexity index is 549. The van der Waals surface area contributed by atoms with Crippen LogP contribution >= 0.6 is 0 Å². The second kappa shape index (κ2) is 6.16. The summed E-state index contributed by atoms with van der Waals surface area (Å²) in [6.45, 7) is 2.32. The summed E-state index contributed by atoms with van der Waals surface area (Å²) in [6.07, 6.45) is 2.11. The van der Waals surface area contributed by atoms with Gasteiger partial charge in [-0.2, -0.15) is 0 Å². The van der Waals surface area contributed by atoms with Crippen LogP contribution in [0.5, 0.6) is 5.75 Å². The first-order chi connectivity index (χ1) is 9.97. The van der Waals surface area contributed by atoms with Gasteiger partial charge in [0.2, 0.25) is 5.91 Å². The number of benzene rings is 1. The monoisotopic (exact) mass is 291 g/mol. The zero-order chi connectivity index (χ0) is 15.5. The molecule has 2 rings (SSSR count). The number of hydrogen-bond acceptors (Lipinski definition) is 3. The van der Waals surface area contributed by atoms with Gasteiger partial charge in [0, 0.05) is 18.5 Å². The van der Waals surface area contributed by atoms with Gasteiger partial charge >= 0.3 is 5.97 Å². The van der Waals surface area contributed by atoms with Crippen LogP contribution in [0.1, 0.15) is 36.8 Å². The third-order valence-corrected chi connectivity index (χ3v) is 4.18. The molecule has 0 atom stereocenters. The van der Waals surface area contributed by atoms with E-state index in [2.05, 4.69) is 5.32 Å². The second-order valence-electron chi connectivity index (χ2n) is 5.71. The van der Waals surface area contributed by atoms with Crippen molar-refractivity contribution in [3.05, 3.63) is 29.3 Å². The Labute approximate surface area is 124 Å². The van der Waals surface area contributed by atoms with Gasteiger partial charge in [0.15, 0.2) is 0 Å². The number of amides is 1. The normalized spacial score (nSPS) is 15.9. The van der Waals surface area contributed by atoms with Crippen molar-refractivity contribution >= 4 is 11.9 Å². The van der Waals surface area contributed by atoms with Crippen molar-refractivity contribution in [1.29, 1.82) is 0 Å². The number of carboxylic acid groups (broad SMARTS) is 1. The summed E-state index contributed by atoms with van der Waals surface area (Å²) < 4.78 is 5.28. The topological polar surface area (TPSA) is 75.6 Å². The van der Waals surface area contributed by atoms with Gasteiger partial charge in [-0.15, -0.1) is 0 Å². The first-order valence-electron chi connectivity index (χ1n) is 7.10. The molecule has 114 valence electrons. The van der Waals surface area contributed by atoms with Crippen LogP contribution in [0, 0.1) is 12.3 Å². The van der Waals surface area contributed by atoms with Crippen LogP contribution in [-0.2, 0) is 16.1 Å². The Morgan fingerprint density at radius 1 is 1.38 bits per heavy atom. The maximum absolute atomic E-state index is 12.0. The number of carboxylic acids is 1. The lowest BCUT2D eigenvalue weighted by atomic mass is 9.66. The van der Waals surface area contributed by atoms with Crippen LogP contribution < -0.4 is 10.1 Å². The van der Waals surface area contributed by atoms with Crippen molar-refractivity contribution in [2.75, 3.05) is 7.11 Å². The highest BCUT2D eigenvalue weighted by atomic mass is 16.5. The van der Waals surface area contributed by atoms with E-state index in [1.807, 2.05) is 25.1 Å². The van der Waals surface area contributed by atoms with E-state index in [-0.39, 0.29) is 12.3 Å². The molecular weight excluding hydrogens is 270 g/mol. The van der Waals surface area contributed by atoms with Crippen LogP contribution in [0.2, 0.25) is 0 Å². The minimum absolute atomic E-state index is 0.0521. The quantitative estimate of drug-likeness (QED) is 0.843. The number of rotatable bonds is 6. The molecule has 0 unspecified atom stereocenters. The van der Waals surface area contributed by atoms with E-state index in [1.54, 1.807) is 7.11 Å². The number of methoxy groups -OCH3 is 1.